The van der Waals surface area contributed by atoms with Crippen molar-refractivity contribution < 1.29 is 41.2 Å². The molecule has 0 aliphatic carbocycles. The average molecular weight is 408 g/mol. The highest BCUT2D eigenvalue weighted by Crippen LogP contribution is 2.30. The number of ether oxygens (including phenoxy) is 1. The predicted octanol–water partition coefficient (Wildman–Crippen LogP) is -2.06. The largest absolute Gasteiger partial charge is 0.468 e. The summed E-state index contributed by atoms with van der Waals surface area (Å²) in [5.41, 5.74) is 2.29. The van der Waals surface area contributed by atoms with Crippen LogP contribution in [-0.2, 0) is 33.8 Å². The number of nitrogens with zero attached hydrogens (tertiary/aromatic N) is 2. The highest BCUT2D eigenvalue weighted by molar-refractivity contribution is 7.80. The van der Waals surface area contributed by atoms with Crippen molar-refractivity contribution in [2.24, 2.45) is 0 Å². The molecule has 14 heteroatoms. The number of esters is 1. The van der Waals surface area contributed by atoms with Crippen LogP contribution in [0.2, 0.25) is 0 Å². The molecule has 3 aliphatic rings. The van der Waals surface area contributed by atoms with Crippen molar-refractivity contribution in [3.8, 4) is 0 Å². The zero-order chi connectivity index (χ0) is 19.8. The number of piperidine rings is 1. The van der Waals surface area contributed by atoms with Gasteiger partial charge in [0.25, 0.3) is 5.91 Å². The summed E-state index contributed by atoms with van der Waals surface area (Å²) < 4.78 is 39.4. The molecule has 13 nitrogen and oxygen atoms in total. The lowest BCUT2D eigenvalue weighted by molar-refractivity contribution is -0.144. The van der Waals surface area contributed by atoms with Gasteiger partial charge in [-0.15, -0.1) is 4.28 Å². The Labute approximate surface area is 154 Å². The smallest absolute Gasteiger partial charge is 0.418 e. The van der Waals surface area contributed by atoms with E-state index in [-0.39, 0.29) is 13.0 Å². The van der Waals surface area contributed by atoms with Gasteiger partial charge in [0.2, 0.25) is 0 Å². The van der Waals surface area contributed by atoms with Crippen LogP contribution in [-0.4, -0.2) is 85.3 Å². The number of fused-ring (bicyclic) bond motifs is 2. The number of nitrogens with one attached hydrogen (secondary N) is 2. The van der Waals surface area contributed by atoms with Gasteiger partial charge < -0.3 is 15.0 Å². The summed E-state index contributed by atoms with van der Waals surface area (Å²) in [5.74, 6) is -0.996. The fourth-order valence-electron chi connectivity index (χ4n) is 3.43. The van der Waals surface area contributed by atoms with Crippen LogP contribution in [0.1, 0.15) is 19.3 Å². The normalized spacial score (nSPS) is 30.5. The first-order valence-electron chi connectivity index (χ1n) is 8.23. The molecule has 3 amide bonds. The molecular weight excluding hydrogens is 388 g/mol. The van der Waals surface area contributed by atoms with Crippen LogP contribution < -0.4 is 10.8 Å². The monoisotopic (exact) mass is 408 g/mol. The van der Waals surface area contributed by atoms with Crippen molar-refractivity contribution >= 4 is 28.3 Å². The molecule has 27 heavy (non-hydrogen) atoms. The second-order valence-electron chi connectivity index (χ2n) is 6.44. The van der Waals surface area contributed by atoms with E-state index in [2.05, 4.69) is 19.8 Å². The summed E-state index contributed by atoms with van der Waals surface area (Å²) in [4.78, 5) is 42.5. The second-order valence-corrected chi connectivity index (χ2v) is 7.44. The number of carbonyl (C=O) groups excluding carboxylic acids is 3. The number of rotatable bonds is 6. The molecule has 0 radical (unpaired) electrons. The summed E-state index contributed by atoms with van der Waals surface area (Å²) in [6.07, 6.45) is 0.455. The Bertz CT molecular complexity index is 729. The van der Waals surface area contributed by atoms with Gasteiger partial charge in [-0.1, -0.05) is 0 Å². The molecule has 152 valence electrons. The summed E-state index contributed by atoms with van der Waals surface area (Å²) in [5, 5.41) is 3.46. The van der Waals surface area contributed by atoms with E-state index in [4.69, 9.17) is 9.39 Å². The maximum Gasteiger partial charge on any atom is 0.418 e. The van der Waals surface area contributed by atoms with E-state index < -0.39 is 52.5 Å². The number of urea groups is 1. The predicted molar refractivity (Wildman–Crippen MR) is 84.8 cm³/mol. The van der Waals surface area contributed by atoms with Crippen molar-refractivity contribution in [3.05, 3.63) is 0 Å². The Balaban J connectivity index is 1.53. The molecule has 3 saturated heterocycles. The van der Waals surface area contributed by atoms with Crippen LogP contribution in [0.4, 0.5) is 4.79 Å². The van der Waals surface area contributed by atoms with E-state index in [0.29, 0.717) is 24.4 Å². The van der Waals surface area contributed by atoms with Gasteiger partial charge in [-0.25, -0.2) is 10.3 Å². The van der Waals surface area contributed by atoms with Gasteiger partial charge in [-0.3, -0.25) is 19.0 Å². The van der Waals surface area contributed by atoms with E-state index >= 15 is 0 Å². The van der Waals surface area contributed by atoms with Crippen LogP contribution in [0.15, 0.2) is 0 Å². The first-order chi connectivity index (χ1) is 12.7. The summed E-state index contributed by atoms with van der Waals surface area (Å²) in [6.45, 7) is 0.424. The van der Waals surface area contributed by atoms with Crippen LogP contribution in [0, 0.1) is 0 Å². The standard InChI is InChI=1S/C13H20N4O9S/c1-24-12(19)9-4-8(5-14-9)25-15-11(18)10-3-2-7-6-16(10)13(20)17(7)26-27(21,22)23/h7-10,14H,2-6H2,1H3,(H,15,18)(H,21,22,23)/t7-,8?,9+,10+/m1/s1. The number of carbonyl (C=O) groups is 3. The van der Waals surface area contributed by atoms with E-state index in [1.807, 2.05) is 0 Å². The minimum Gasteiger partial charge on any atom is -0.468 e. The van der Waals surface area contributed by atoms with Crippen LogP contribution in [0.25, 0.3) is 0 Å². The van der Waals surface area contributed by atoms with E-state index in [0.717, 1.165) is 4.90 Å². The van der Waals surface area contributed by atoms with Gasteiger partial charge >= 0.3 is 22.4 Å². The highest BCUT2D eigenvalue weighted by Gasteiger charge is 2.49. The Hall–Kier alpha value is -2.00. The van der Waals surface area contributed by atoms with E-state index in [1.165, 1.54) is 7.11 Å². The molecule has 3 aliphatic heterocycles. The molecule has 3 heterocycles. The number of hydrogen-bond donors (Lipinski definition) is 3. The zero-order valence-electron chi connectivity index (χ0n) is 14.4. The lowest BCUT2D eigenvalue weighted by atomic mass is 10.0. The van der Waals surface area contributed by atoms with Gasteiger partial charge in [0, 0.05) is 19.5 Å². The fourth-order valence-corrected chi connectivity index (χ4v) is 3.82. The van der Waals surface area contributed by atoms with E-state index in [1.54, 1.807) is 0 Å². The lowest BCUT2D eigenvalue weighted by Crippen LogP contribution is -2.50. The third-order valence-corrected chi connectivity index (χ3v) is 5.05. The van der Waals surface area contributed by atoms with Gasteiger partial charge in [0.05, 0.1) is 19.3 Å². The topological polar surface area (TPSA) is 164 Å². The molecule has 3 N–H and O–H groups in total. The van der Waals surface area contributed by atoms with Gasteiger partial charge in [0.1, 0.15) is 12.1 Å². The number of methoxy groups -OCH3 is 1. The van der Waals surface area contributed by atoms with Crippen molar-refractivity contribution in [3.63, 3.8) is 0 Å². The third-order valence-electron chi connectivity index (χ3n) is 4.70. The van der Waals surface area contributed by atoms with Gasteiger partial charge in [0.15, 0.2) is 0 Å². The van der Waals surface area contributed by atoms with Gasteiger partial charge in [-0.2, -0.15) is 13.5 Å². The quantitative estimate of drug-likeness (QED) is 0.253. The molecule has 1 unspecified atom stereocenters. The lowest BCUT2D eigenvalue weighted by Gasteiger charge is -2.29. The van der Waals surface area contributed by atoms with Crippen molar-refractivity contribution in [2.45, 2.75) is 43.5 Å². The molecule has 3 rings (SSSR count). The summed E-state index contributed by atoms with van der Waals surface area (Å²) in [6, 6.07) is -2.79. The molecule has 0 aromatic heterocycles. The van der Waals surface area contributed by atoms with Crippen molar-refractivity contribution in [1.82, 2.24) is 20.8 Å². The van der Waals surface area contributed by atoms with Crippen molar-refractivity contribution in [2.75, 3.05) is 20.2 Å². The third kappa shape index (κ3) is 4.30. The number of hydrogen-bond acceptors (Lipinski definition) is 9. The Kier molecular flexibility index (Phi) is 5.53. The Morgan fingerprint density at radius 3 is 2.74 bits per heavy atom. The maximum atomic E-state index is 12.4. The first-order valence-corrected chi connectivity index (χ1v) is 9.59. The van der Waals surface area contributed by atoms with Crippen molar-refractivity contribution in [1.29, 1.82) is 0 Å². The molecule has 0 aromatic rings. The first kappa shape index (κ1) is 19.8. The minimum atomic E-state index is -4.84. The molecule has 0 aromatic carbocycles. The minimum absolute atomic E-state index is 0.0852. The molecule has 4 atom stereocenters. The van der Waals surface area contributed by atoms with Crippen LogP contribution in [0.3, 0.4) is 0 Å². The molecule has 3 fully saturated rings. The van der Waals surface area contributed by atoms with Crippen LogP contribution >= 0.6 is 0 Å². The molecule has 0 saturated carbocycles. The summed E-state index contributed by atoms with van der Waals surface area (Å²) in [7, 11) is -3.57. The Morgan fingerprint density at radius 2 is 2.07 bits per heavy atom. The van der Waals surface area contributed by atoms with E-state index in [9.17, 15) is 22.8 Å². The molecule has 2 bridgehead atoms. The number of amides is 3. The zero-order valence-corrected chi connectivity index (χ0v) is 15.2. The Morgan fingerprint density at radius 1 is 1.33 bits per heavy atom. The SMILES string of the molecule is COC(=O)[C@@H]1CC(ONC(=O)[C@@H]2CC[C@@H]3CN2C(=O)N3OS(=O)(=O)O)CN1. The average Bonchev–Trinajstić information content (AvgIpc) is 3.18. The molecular formula is C13H20N4O9S. The second kappa shape index (κ2) is 7.55. The highest BCUT2D eigenvalue weighted by atomic mass is 32.3. The number of hydroxylamine groups is 3. The summed E-state index contributed by atoms with van der Waals surface area (Å²) >= 11 is 0. The fraction of sp³-hybridized carbons (Fsp3) is 0.769. The maximum absolute atomic E-state index is 12.4. The van der Waals surface area contributed by atoms with Crippen LogP contribution in [0.5, 0.6) is 0 Å². The van der Waals surface area contributed by atoms with Gasteiger partial charge in [-0.05, 0) is 12.8 Å². The molecule has 0 spiro atoms.